The molecular formula is C8H16AgO2. The molecular weight excluding hydrogens is 236 g/mol. The van der Waals surface area contributed by atoms with Gasteiger partial charge in [-0.05, 0) is 18.3 Å². The molecule has 71 valence electrons. The van der Waals surface area contributed by atoms with Crippen LogP contribution in [0, 0.1) is 5.41 Å². The molecule has 0 fully saturated rings. The van der Waals surface area contributed by atoms with Gasteiger partial charge in [-0.2, -0.15) is 0 Å². The second kappa shape index (κ2) is 5.81. The monoisotopic (exact) mass is 251 g/mol. The third-order valence-electron chi connectivity index (χ3n) is 1.32. The van der Waals surface area contributed by atoms with Crippen LogP contribution in [-0.4, -0.2) is 11.1 Å². The molecule has 0 atom stereocenters. The van der Waals surface area contributed by atoms with Crippen LogP contribution in [0.15, 0.2) is 0 Å². The largest absolute Gasteiger partial charge is 0.481 e. The smallest absolute Gasteiger partial charge is 0.303 e. The summed E-state index contributed by atoms with van der Waals surface area (Å²) in [5, 5.41) is 8.31. The van der Waals surface area contributed by atoms with E-state index < -0.39 is 5.97 Å². The van der Waals surface area contributed by atoms with Gasteiger partial charge >= 0.3 is 5.97 Å². The standard InChI is InChI=1S/C8H16O2.Ag/c1-8(2,3)6-4-5-7(9)10;/h4-6H2,1-3H3,(H,9,10);. The normalized spacial score (nSPS) is 10.5. The third-order valence-corrected chi connectivity index (χ3v) is 1.32. The van der Waals surface area contributed by atoms with Crippen LogP contribution in [0.1, 0.15) is 40.0 Å². The van der Waals surface area contributed by atoms with Crippen LogP contribution in [0.3, 0.4) is 0 Å². The first-order valence-corrected chi connectivity index (χ1v) is 3.63. The van der Waals surface area contributed by atoms with Crippen molar-refractivity contribution >= 4 is 5.97 Å². The van der Waals surface area contributed by atoms with Gasteiger partial charge in [0.25, 0.3) is 0 Å². The maximum atomic E-state index is 10.1. The van der Waals surface area contributed by atoms with Crippen LogP contribution < -0.4 is 0 Å². The fourth-order valence-electron chi connectivity index (χ4n) is 0.770. The zero-order valence-electron chi connectivity index (χ0n) is 7.28. The third kappa shape index (κ3) is 13.2. The minimum absolute atomic E-state index is 0. The maximum Gasteiger partial charge on any atom is 0.303 e. The molecule has 0 aromatic carbocycles. The van der Waals surface area contributed by atoms with E-state index in [1.54, 1.807) is 0 Å². The zero-order valence-corrected chi connectivity index (χ0v) is 8.76. The van der Waals surface area contributed by atoms with Crippen molar-refractivity contribution in [1.82, 2.24) is 0 Å². The molecule has 0 heterocycles. The van der Waals surface area contributed by atoms with E-state index in [1.807, 2.05) is 0 Å². The molecule has 11 heavy (non-hydrogen) atoms. The van der Waals surface area contributed by atoms with Crippen LogP contribution >= 0.6 is 0 Å². The first kappa shape index (κ1) is 13.8. The van der Waals surface area contributed by atoms with E-state index in [2.05, 4.69) is 20.8 Å². The summed E-state index contributed by atoms with van der Waals surface area (Å²) in [7, 11) is 0. The van der Waals surface area contributed by atoms with Gasteiger partial charge in [-0.25, -0.2) is 0 Å². The van der Waals surface area contributed by atoms with Gasteiger partial charge in [0, 0.05) is 28.8 Å². The number of carbonyl (C=O) groups is 1. The molecule has 1 N–H and O–H groups in total. The molecule has 0 aliphatic rings. The van der Waals surface area contributed by atoms with E-state index in [0.29, 0.717) is 6.42 Å². The van der Waals surface area contributed by atoms with Gasteiger partial charge in [0.1, 0.15) is 0 Å². The van der Waals surface area contributed by atoms with E-state index >= 15 is 0 Å². The summed E-state index contributed by atoms with van der Waals surface area (Å²) < 4.78 is 0. The molecule has 0 aromatic rings. The predicted molar refractivity (Wildman–Crippen MR) is 40.9 cm³/mol. The van der Waals surface area contributed by atoms with Crippen molar-refractivity contribution in [3.05, 3.63) is 0 Å². The molecule has 0 spiro atoms. The van der Waals surface area contributed by atoms with Crippen LogP contribution in [0.5, 0.6) is 0 Å². The minimum Gasteiger partial charge on any atom is -0.481 e. The summed E-state index contributed by atoms with van der Waals surface area (Å²) >= 11 is 0. The summed E-state index contributed by atoms with van der Waals surface area (Å²) in [5.74, 6) is -0.691. The van der Waals surface area contributed by atoms with E-state index in [9.17, 15) is 4.79 Å². The molecule has 0 saturated heterocycles. The number of aliphatic carboxylic acids is 1. The van der Waals surface area contributed by atoms with Crippen molar-refractivity contribution in [1.29, 1.82) is 0 Å². The van der Waals surface area contributed by atoms with Gasteiger partial charge in [-0.1, -0.05) is 20.8 Å². The summed E-state index contributed by atoms with van der Waals surface area (Å²) in [5.41, 5.74) is 0.273. The summed E-state index contributed by atoms with van der Waals surface area (Å²) in [6.07, 6.45) is 2.08. The number of hydrogen-bond acceptors (Lipinski definition) is 1. The van der Waals surface area contributed by atoms with Gasteiger partial charge in [0.15, 0.2) is 0 Å². The van der Waals surface area contributed by atoms with Crippen molar-refractivity contribution in [2.24, 2.45) is 5.41 Å². The minimum atomic E-state index is -0.691. The average Bonchev–Trinajstić information content (AvgIpc) is 1.59. The zero-order chi connectivity index (χ0) is 8.20. The molecule has 0 rings (SSSR count). The maximum absolute atomic E-state index is 10.1. The van der Waals surface area contributed by atoms with Crippen molar-refractivity contribution in [3.8, 4) is 0 Å². The van der Waals surface area contributed by atoms with Crippen LogP contribution in [0.4, 0.5) is 0 Å². The first-order valence-electron chi connectivity index (χ1n) is 3.63. The Kier molecular flexibility index (Phi) is 7.28. The predicted octanol–water partition coefficient (Wildman–Crippen LogP) is 2.28. The fourth-order valence-corrected chi connectivity index (χ4v) is 0.770. The van der Waals surface area contributed by atoms with E-state index in [1.165, 1.54) is 0 Å². The topological polar surface area (TPSA) is 37.3 Å². The number of rotatable bonds is 3. The van der Waals surface area contributed by atoms with Crippen LogP contribution in [0.25, 0.3) is 0 Å². The molecule has 0 aliphatic carbocycles. The van der Waals surface area contributed by atoms with Crippen molar-refractivity contribution in [2.45, 2.75) is 40.0 Å². The number of hydrogen-bond donors (Lipinski definition) is 1. The second-order valence-electron chi connectivity index (χ2n) is 3.81. The number of carboxylic acid groups (broad SMARTS) is 1. The molecule has 0 amide bonds. The van der Waals surface area contributed by atoms with Gasteiger partial charge in [0.05, 0.1) is 0 Å². The van der Waals surface area contributed by atoms with E-state index in [4.69, 9.17) is 5.11 Å². The SMILES string of the molecule is CC(C)(C)CCCC(=O)O.[Ag]. The molecule has 0 unspecified atom stereocenters. The molecule has 0 aliphatic heterocycles. The second-order valence-corrected chi connectivity index (χ2v) is 3.81. The Hall–Kier alpha value is 0.210. The van der Waals surface area contributed by atoms with Gasteiger partial charge < -0.3 is 5.11 Å². The number of carboxylic acids is 1. The Bertz CT molecular complexity index is 116. The fraction of sp³-hybridized carbons (Fsp3) is 0.875. The van der Waals surface area contributed by atoms with Crippen LogP contribution in [-0.2, 0) is 27.2 Å². The molecule has 1 radical (unpaired) electrons. The van der Waals surface area contributed by atoms with Crippen LogP contribution in [0.2, 0.25) is 0 Å². The molecule has 0 aromatic heterocycles. The molecule has 3 heteroatoms. The first-order chi connectivity index (χ1) is 4.42. The Balaban J connectivity index is 0. The van der Waals surface area contributed by atoms with Gasteiger partial charge in [-0.15, -0.1) is 0 Å². The Morgan fingerprint density at radius 2 is 1.82 bits per heavy atom. The Morgan fingerprint density at radius 1 is 1.36 bits per heavy atom. The van der Waals surface area contributed by atoms with E-state index in [-0.39, 0.29) is 27.8 Å². The van der Waals surface area contributed by atoms with Gasteiger partial charge in [-0.3, -0.25) is 4.79 Å². The van der Waals surface area contributed by atoms with E-state index in [0.717, 1.165) is 12.8 Å². The summed E-state index contributed by atoms with van der Waals surface area (Å²) in [4.78, 5) is 10.1. The Morgan fingerprint density at radius 3 is 2.09 bits per heavy atom. The van der Waals surface area contributed by atoms with Crippen molar-refractivity contribution in [2.75, 3.05) is 0 Å². The summed E-state index contributed by atoms with van der Waals surface area (Å²) in [6, 6.07) is 0. The quantitative estimate of drug-likeness (QED) is 0.782. The summed E-state index contributed by atoms with van der Waals surface area (Å²) in [6.45, 7) is 6.36. The Labute approximate surface area is 83.9 Å². The van der Waals surface area contributed by atoms with Crippen molar-refractivity contribution in [3.63, 3.8) is 0 Å². The van der Waals surface area contributed by atoms with Crippen molar-refractivity contribution < 1.29 is 32.3 Å². The molecule has 0 saturated carbocycles. The molecule has 2 nitrogen and oxygen atoms in total. The molecule has 0 bridgehead atoms. The average molecular weight is 252 g/mol. The van der Waals surface area contributed by atoms with Gasteiger partial charge in [0.2, 0.25) is 0 Å².